The Balaban J connectivity index is 1.54. The van der Waals surface area contributed by atoms with Gasteiger partial charge in [-0.3, -0.25) is 20.6 Å². The summed E-state index contributed by atoms with van der Waals surface area (Å²) in [5, 5.41) is 0. The van der Waals surface area contributed by atoms with Crippen molar-refractivity contribution < 1.29 is 13.2 Å². The summed E-state index contributed by atoms with van der Waals surface area (Å²) in [7, 11) is -3.80. The van der Waals surface area contributed by atoms with Gasteiger partial charge in [0.1, 0.15) is 10.9 Å². The maximum absolute atomic E-state index is 12.0. The number of hydrogen-bond acceptors (Lipinski definition) is 6. The minimum absolute atomic E-state index is 0.00124. The van der Waals surface area contributed by atoms with Crippen LogP contribution >= 0.6 is 0 Å². The molecule has 2 atom stereocenters. The maximum atomic E-state index is 12.0. The summed E-state index contributed by atoms with van der Waals surface area (Å²) in [5.74, 6) is 0.223. The largest absolute Gasteiger partial charge is 0.276 e. The molecule has 9 heteroatoms. The molecule has 1 aromatic rings. The van der Waals surface area contributed by atoms with Crippen LogP contribution < -0.4 is 21.1 Å². The van der Waals surface area contributed by atoms with Gasteiger partial charge in [0.05, 0.1) is 0 Å². The summed E-state index contributed by atoms with van der Waals surface area (Å²) in [4.78, 5) is 17.8. The van der Waals surface area contributed by atoms with Crippen LogP contribution in [0, 0.1) is 5.92 Å². The number of aromatic nitrogens is 1. The molecule has 1 saturated heterocycles. The van der Waals surface area contributed by atoms with Crippen LogP contribution in [-0.2, 0) is 14.8 Å². The zero-order valence-electron chi connectivity index (χ0n) is 11.2. The summed E-state index contributed by atoms with van der Waals surface area (Å²) in [5.41, 5.74) is 8.21. The molecule has 0 aromatic carbocycles. The first kappa shape index (κ1) is 14.4. The molecule has 2 heterocycles. The Morgan fingerprint density at radius 2 is 2.14 bits per heavy atom. The van der Waals surface area contributed by atoms with Crippen LogP contribution in [0.5, 0.6) is 0 Å². The van der Waals surface area contributed by atoms with E-state index in [9.17, 15) is 13.2 Å². The highest BCUT2D eigenvalue weighted by molar-refractivity contribution is 7.89. The molecule has 1 aliphatic heterocycles. The third kappa shape index (κ3) is 3.38. The summed E-state index contributed by atoms with van der Waals surface area (Å²) in [6.07, 6.45) is 5.71. The Morgan fingerprint density at radius 1 is 1.33 bits per heavy atom. The number of amides is 1. The Kier molecular flexibility index (Phi) is 3.89. The molecule has 0 radical (unpaired) electrons. The number of rotatable bonds is 5. The molecule has 1 saturated carbocycles. The molecule has 0 bridgehead atoms. The van der Waals surface area contributed by atoms with Crippen LogP contribution in [0.4, 0.5) is 0 Å². The van der Waals surface area contributed by atoms with Crippen molar-refractivity contribution in [2.24, 2.45) is 5.92 Å². The Hall–Kier alpha value is -1.55. The number of carbonyl (C=O) groups is 1. The summed E-state index contributed by atoms with van der Waals surface area (Å²) in [6.45, 7) is 0. The second-order valence-corrected chi connectivity index (χ2v) is 6.99. The van der Waals surface area contributed by atoms with Crippen molar-refractivity contribution in [3.05, 3.63) is 24.5 Å². The van der Waals surface area contributed by atoms with E-state index in [4.69, 9.17) is 0 Å². The topological polar surface area (TPSA) is 112 Å². The van der Waals surface area contributed by atoms with Crippen molar-refractivity contribution in [2.45, 2.75) is 36.2 Å². The fourth-order valence-corrected chi connectivity index (χ4v) is 3.14. The highest BCUT2D eigenvalue weighted by Crippen LogP contribution is 2.35. The molecule has 0 spiro atoms. The third-order valence-corrected chi connectivity index (χ3v) is 4.93. The van der Waals surface area contributed by atoms with Crippen LogP contribution in [0.1, 0.15) is 19.3 Å². The lowest BCUT2D eigenvalue weighted by Crippen LogP contribution is -2.50. The van der Waals surface area contributed by atoms with Gasteiger partial charge in [-0.2, -0.15) is 0 Å². The van der Waals surface area contributed by atoms with Gasteiger partial charge in [0, 0.05) is 18.4 Å². The van der Waals surface area contributed by atoms with Crippen molar-refractivity contribution >= 4 is 15.9 Å². The molecule has 2 unspecified atom stereocenters. The number of hydrazine groups is 2. The molecular formula is C12H17N5O3S. The second kappa shape index (κ2) is 5.68. The van der Waals surface area contributed by atoms with Crippen LogP contribution in [0.3, 0.4) is 0 Å². The lowest BCUT2D eigenvalue weighted by molar-refractivity contribution is -0.123. The van der Waals surface area contributed by atoms with Gasteiger partial charge in [0.15, 0.2) is 0 Å². The van der Waals surface area contributed by atoms with Gasteiger partial charge in [0.25, 0.3) is 15.9 Å². The van der Waals surface area contributed by atoms with Crippen LogP contribution in [0.2, 0.25) is 0 Å². The highest BCUT2D eigenvalue weighted by Gasteiger charge is 2.38. The van der Waals surface area contributed by atoms with Crippen molar-refractivity contribution in [1.29, 1.82) is 0 Å². The number of sulfonamides is 1. The monoisotopic (exact) mass is 311 g/mol. The standard InChI is InChI=1S/C12H17N5O3S/c18-12(11-6-10(14-15-11)8-3-4-8)16-17-21(19,20)9-2-1-5-13-7-9/h1-2,5,7-8,10-11,14-15,17H,3-4,6H2,(H,16,18). The van der Waals surface area contributed by atoms with Crippen LogP contribution in [0.25, 0.3) is 0 Å². The fourth-order valence-electron chi connectivity index (χ4n) is 2.33. The average Bonchev–Trinajstić information content (AvgIpc) is 3.23. The van der Waals surface area contributed by atoms with E-state index in [0.29, 0.717) is 12.3 Å². The Bertz CT molecular complexity index is 617. The van der Waals surface area contributed by atoms with Crippen molar-refractivity contribution in [1.82, 2.24) is 26.1 Å². The van der Waals surface area contributed by atoms with Crippen molar-refractivity contribution in [3.8, 4) is 0 Å². The number of carbonyl (C=O) groups excluding carboxylic acids is 1. The first-order valence-electron chi connectivity index (χ1n) is 6.79. The lowest BCUT2D eigenvalue weighted by atomic mass is 10.1. The molecule has 2 aliphatic rings. The smallest absolute Gasteiger partial charge is 0.258 e. The molecule has 1 aromatic heterocycles. The Labute approximate surface area is 122 Å². The molecule has 21 heavy (non-hydrogen) atoms. The lowest BCUT2D eigenvalue weighted by Gasteiger charge is -2.11. The van der Waals surface area contributed by atoms with Gasteiger partial charge in [-0.25, -0.2) is 13.8 Å². The van der Waals surface area contributed by atoms with Gasteiger partial charge < -0.3 is 0 Å². The van der Waals surface area contributed by atoms with E-state index in [-0.39, 0.29) is 10.9 Å². The van der Waals surface area contributed by atoms with Crippen molar-refractivity contribution in [3.63, 3.8) is 0 Å². The molecule has 1 aliphatic carbocycles. The zero-order valence-corrected chi connectivity index (χ0v) is 12.1. The quantitative estimate of drug-likeness (QED) is 0.521. The summed E-state index contributed by atoms with van der Waals surface area (Å²) < 4.78 is 23.9. The average molecular weight is 311 g/mol. The molecular weight excluding hydrogens is 294 g/mol. The van der Waals surface area contributed by atoms with Gasteiger partial charge in [-0.05, 0) is 37.3 Å². The summed E-state index contributed by atoms with van der Waals surface area (Å²) in [6, 6.07) is 2.77. The molecule has 114 valence electrons. The third-order valence-electron chi connectivity index (χ3n) is 3.69. The number of nitrogens with one attached hydrogen (secondary N) is 4. The molecule has 4 N–H and O–H groups in total. The van der Waals surface area contributed by atoms with E-state index in [1.54, 1.807) is 0 Å². The normalized spacial score (nSPS) is 25.7. The predicted octanol–water partition coefficient (Wildman–Crippen LogP) is -0.964. The molecule has 2 fully saturated rings. The number of pyridine rings is 1. The molecule has 1 amide bonds. The summed E-state index contributed by atoms with van der Waals surface area (Å²) >= 11 is 0. The number of hydrogen-bond donors (Lipinski definition) is 4. The van der Waals surface area contributed by atoms with Gasteiger partial charge in [-0.1, -0.05) is 0 Å². The number of nitrogens with zero attached hydrogens (tertiary/aromatic N) is 1. The molecule has 3 rings (SSSR count). The van der Waals surface area contributed by atoms with E-state index < -0.39 is 22.0 Å². The zero-order chi connectivity index (χ0) is 14.9. The van der Waals surface area contributed by atoms with E-state index >= 15 is 0 Å². The van der Waals surface area contributed by atoms with Crippen molar-refractivity contribution in [2.75, 3.05) is 0 Å². The van der Waals surface area contributed by atoms with E-state index in [1.807, 2.05) is 0 Å². The molecule has 8 nitrogen and oxygen atoms in total. The van der Waals surface area contributed by atoms with Gasteiger partial charge in [-0.15, -0.1) is 4.83 Å². The fraction of sp³-hybridized carbons (Fsp3) is 0.500. The van der Waals surface area contributed by atoms with Crippen LogP contribution in [-0.4, -0.2) is 31.4 Å². The van der Waals surface area contributed by atoms with E-state index in [1.165, 1.54) is 37.4 Å². The highest BCUT2D eigenvalue weighted by atomic mass is 32.2. The Morgan fingerprint density at radius 3 is 2.81 bits per heavy atom. The maximum Gasteiger partial charge on any atom is 0.258 e. The minimum Gasteiger partial charge on any atom is -0.276 e. The minimum atomic E-state index is -3.80. The SMILES string of the molecule is O=C(NNS(=O)(=O)c1cccnc1)C1CC(C2CC2)NN1. The first-order chi connectivity index (χ1) is 10.1. The predicted molar refractivity (Wildman–Crippen MR) is 73.9 cm³/mol. The van der Waals surface area contributed by atoms with Gasteiger partial charge >= 0.3 is 0 Å². The first-order valence-corrected chi connectivity index (χ1v) is 8.27. The van der Waals surface area contributed by atoms with Crippen LogP contribution in [0.15, 0.2) is 29.4 Å². The van der Waals surface area contributed by atoms with E-state index in [0.717, 1.165) is 0 Å². The van der Waals surface area contributed by atoms with Gasteiger partial charge in [0.2, 0.25) is 0 Å². The second-order valence-electron chi connectivity index (χ2n) is 5.30. The van der Waals surface area contributed by atoms with E-state index in [2.05, 4.69) is 26.1 Å².